The molecule has 0 atom stereocenters. The number of benzene rings is 2. The van der Waals surface area contributed by atoms with Crippen LogP contribution in [0.4, 0.5) is 4.39 Å². The molecule has 2 aromatic carbocycles. The smallest absolute Gasteiger partial charge is 0.198 e. The average Bonchev–Trinajstić information content (AvgIpc) is 2.41. The van der Waals surface area contributed by atoms with Crippen LogP contribution < -0.4 is 4.74 Å². The molecule has 0 N–H and O–H groups in total. The summed E-state index contributed by atoms with van der Waals surface area (Å²) in [7, 11) is 1.48. The number of ketones is 1. The molecule has 5 heteroatoms. The number of carbonyl (C=O) groups is 1. The van der Waals surface area contributed by atoms with E-state index in [4.69, 9.17) is 16.3 Å². The third-order valence-corrected chi connectivity index (χ3v) is 3.66. The Labute approximate surface area is 128 Å². The second-order valence-electron chi connectivity index (χ2n) is 3.78. The molecule has 0 aliphatic rings. The van der Waals surface area contributed by atoms with Gasteiger partial charge in [-0.05, 0) is 52.9 Å². The fourth-order valence-electron chi connectivity index (χ4n) is 1.68. The monoisotopic (exact) mass is 390 g/mol. The lowest BCUT2D eigenvalue weighted by atomic mass is 10.0. The Morgan fingerprint density at radius 1 is 1.26 bits per heavy atom. The minimum Gasteiger partial charge on any atom is -0.496 e. The third kappa shape index (κ3) is 2.90. The average molecular weight is 391 g/mol. The van der Waals surface area contributed by atoms with Crippen molar-refractivity contribution in [3.8, 4) is 5.75 Å². The van der Waals surface area contributed by atoms with E-state index in [2.05, 4.69) is 22.6 Å². The first-order chi connectivity index (χ1) is 9.04. The van der Waals surface area contributed by atoms with Crippen molar-refractivity contribution in [2.75, 3.05) is 7.11 Å². The van der Waals surface area contributed by atoms with Gasteiger partial charge in [0.15, 0.2) is 5.78 Å². The molecule has 0 aliphatic heterocycles. The molecule has 0 bridgehead atoms. The first-order valence-electron chi connectivity index (χ1n) is 5.37. The maximum atomic E-state index is 13.4. The summed E-state index contributed by atoms with van der Waals surface area (Å²) in [4.78, 5) is 12.4. The minimum atomic E-state index is -0.614. The number of methoxy groups -OCH3 is 1. The molecule has 19 heavy (non-hydrogen) atoms. The summed E-state index contributed by atoms with van der Waals surface area (Å²) in [6, 6.07) is 9.36. The topological polar surface area (TPSA) is 26.3 Å². The van der Waals surface area contributed by atoms with Gasteiger partial charge in [0.25, 0.3) is 0 Å². The molecule has 98 valence electrons. The number of halogens is 3. The normalized spacial score (nSPS) is 10.3. The molecule has 0 aromatic heterocycles. The van der Waals surface area contributed by atoms with E-state index in [9.17, 15) is 9.18 Å². The summed E-state index contributed by atoms with van der Waals surface area (Å²) in [6.07, 6.45) is 0. The molecule has 0 spiro atoms. The maximum Gasteiger partial charge on any atom is 0.198 e. The molecule has 0 saturated carbocycles. The molecule has 2 aromatic rings. The Morgan fingerprint density at radius 3 is 2.68 bits per heavy atom. The number of carbonyl (C=O) groups excluding carboxylic acids is 1. The van der Waals surface area contributed by atoms with Crippen molar-refractivity contribution in [3.63, 3.8) is 0 Å². The summed E-state index contributed by atoms with van der Waals surface area (Å²) in [5.41, 5.74) is 0.490. The predicted molar refractivity (Wildman–Crippen MR) is 80.6 cm³/mol. The second-order valence-corrected chi connectivity index (χ2v) is 5.40. The van der Waals surface area contributed by atoms with Crippen molar-refractivity contribution in [1.82, 2.24) is 0 Å². The van der Waals surface area contributed by atoms with Gasteiger partial charge in [-0.1, -0.05) is 17.7 Å². The highest BCUT2D eigenvalue weighted by Crippen LogP contribution is 2.28. The Kier molecular flexibility index (Phi) is 4.42. The van der Waals surface area contributed by atoms with Gasteiger partial charge in [-0.3, -0.25) is 4.79 Å². The second kappa shape index (κ2) is 5.88. The largest absolute Gasteiger partial charge is 0.496 e. The van der Waals surface area contributed by atoms with Crippen LogP contribution in [0.3, 0.4) is 0 Å². The molecule has 0 unspecified atom stereocenters. The lowest BCUT2D eigenvalue weighted by Crippen LogP contribution is -2.06. The number of rotatable bonds is 3. The van der Waals surface area contributed by atoms with Gasteiger partial charge in [0, 0.05) is 9.13 Å². The summed E-state index contributed by atoms with van der Waals surface area (Å²) in [5.74, 6) is -0.539. The molecule has 2 nitrogen and oxygen atoms in total. The van der Waals surface area contributed by atoms with Crippen LogP contribution in [-0.2, 0) is 0 Å². The van der Waals surface area contributed by atoms with Gasteiger partial charge in [-0.15, -0.1) is 0 Å². The van der Waals surface area contributed by atoms with Crippen LogP contribution in [0.15, 0.2) is 36.4 Å². The van der Waals surface area contributed by atoms with Gasteiger partial charge in [0.1, 0.15) is 11.6 Å². The number of hydrogen-bond acceptors (Lipinski definition) is 2. The van der Waals surface area contributed by atoms with Crippen molar-refractivity contribution in [1.29, 1.82) is 0 Å². The van der Waals surface area contributed by atoms with E-state index in [-0.39, 0.29) is 16.4 Å². The SMILES string of the molecule is COc1ccc(I)cc1C(=O)c1cccc(F)c1Cl. The molecular weight excluding hydrogens is 382 g/mol. The van der Waals surface area contributed by atoms with Crippen LogP contribution >= 0.6 is 34.2 Å². The Bertz CT molecular complexity index is 643. The van der Waals surface area contributed by atoms with Crippen LogP contribution in [0.1, 0.15) is 15.9 Å². The Morgan fingerprint density at radius 2 is 2.00 bits per heavy atom. The van der Waals surface area contributed by atoms with E-state index in [0.29, 0.717) is 11.3 Å². The number of ether oxygens (including phenoxy) is 1. The highest BCUT2D eigenvalue weighted by Gasteiger charge is 2.19. The van der Waals surface area contributed by atoms with E-state index in [1.165, 1.54) is 25.3 Å². The van der Waals surface area contributed by atoms with Gasteiger partial charge < -0.3 is 4.74 Å². The zero-order valence-electron chi connectivity index (χ0n) is 9.91. The molecule has 0 fully saturated rings. The van der Waals surface area contributed by atoms with E-state index in [0.717, 1.165) is 3.57 Å². The summed E-state index contributed by atoms with van der Waals surface area (Å²) in [6.45, 7) is 0. The molecule has 0 amide bonds. The Balaban J connectivity index is 2.56. The summed E-state index contributed by atoms with van der Waals surface area (Å²) in [5, 5.41) is -0.173. The van der Waals surface area contributed by atoms with Crippen molar-refractivity contribution in [2.45, 2.75) is 0 Å². The highest BCUT2D eigenvalue weighted by molar-refractivity contribution is 14.1. The fraction of sp³-hybridized carbons (Fsp3) is 0.0714. The van der Waals surface area contributed by atoms with Gasteiger partial charge in [0.2, 0.25) is 0 Å². The summed E-state index contributed by atoms with van der Waals surface area (Å²) < 4.78 is 19.4. The van der Waals surface area contributed by atoms with Crippen LogP contribution in [0.5, 0.6) is 5.75 Å². The molecule has 0 aliphatic carbocycles. The standard InChI is InChI=1S/C14H9ClFIO2/c1-19-12-6-5-8(17)7-10(12)14(18)9-3-2-4-11(16)13(9)15/h2-7H,1H3. The van der Waals surface area contributed by atoms with E-state index >= 15 is 0 Å². The van der Waals surface area contributed by atoms with E-state index in [1.54, 1.807) is 12.1 Å². The molecule has 0 heterocycles. The van der Waals surface area contributed by atoms with E-state index in [1.807, 2.05) is 6.07 Å². The van der Waals surface area contributed by atoms with Gasteiger partial charge >= 0.3 is 0 Å². The van der Waals surface area contributed by atoms with Crippen LogP contribution in [0, 0.1) is 9.39 Å². The first kappa shape index (κ1) is 14.3. The van der Waals surface area contributed by atoms with Gasteiger partial charge in [0.05, 0.1) is 17.7 Å². The van der Waals surface area contributed by atoms with Gasteiger partial charge in [-0.2, -0.15) is 0 Å². The van der Waals surface area contributed by atoms with Crippen molar-refractivity contribution in [3.05, 3.63) is 61.9 Å². The van der Waals surface area contributed by atoms with Crippen LogP contribution in [-0.4, -0.2) is 12.9 Å². The van der Waals surface area contributed by atoms with Crippen molar-refractivity contribution >= 4 is 40.0 Å². The lowest BCUT2D eigenvalue weighted by Gasteiger charge is -2.09. The van der Waals surface area contributed by atoms with Crippen molar-refractivity contribution in [2.24, 2.45) is 0 Å². The van der Waals surface area contributed by atoms with Crippen LogP contribution in [0.2, 0.25) is 5.02 Å². The summed E-state index contributed by atoms with van der Waals surface area (Å²) >= 11 is 7.93. The first-order valence-corrected chi connectivity index (χ1v) is 6.82. The molecule has 2 rings (SSSR count). The quantitative estimate of drug-likeness (QED) is 0.576. The molecule has 0 saturated heterocycles. The van der Waals surface area contributed by atoms with Crippen molar-refractivity contribution < 1.29 is 13.9 Å². The van der Waals surface area contributed by atoms with E-state index < -0.39 is 5.82 Å². The third-order valence-electron chi connectivity index (χ3n) is 2.60. The number of hydrogen-bond donors (Lipinski definition) is 0. The fourth-order valence-corrected chi connectivity index (χ4v) is 2.38. The van der Waals surface area contributed by atoms with Gasteiger partial charge in [-0.25, -0.2) is 4.39 Å². The molecular formula is C14H9ClFIO2. The Hall–Kier alpha value is -1.14. The zero-order valence-corrected chi connectivity index (χ0v) is 12.8. The van der Waals surface area contributed by atoms with Crippen LogP contribution in [0.25, 0.3) is 0 Å². The minimum absolute atomic E-state index is 0.127. The lowest BCUT2D eigenvalue weighted by molar-refractivity contribution is 0.103. The predicted octanol–water partition coefficient (Wildman–Crippen LogP) is 4.32. The highest BCUT2D eigenvalue weighted by atomic mass is 127. The maximum absolute atomic E-state index is 13.4. The zero-order chi connectivity index (χ0) is 14.0. The molecule has 0 radical (unpaired) electrons.